The summed E-state index contributed by atoms with van der Waals surface area (Å²) in [6, 6.07) is 36.7. The number of carbonyl (C=O) groups excluding carboxylic acids is 3. The van der Waals surface area contributed by atoms with Crippen molar-refractivity contribution in [3.63, 3.8) is 0 Å². The van der Waals surface area contributed by atoms with Gasteiger partial charge in [-0.3, -0.25) is 14.4 Å². The third-order valence-electron chi connectivity index (χ3n) is 11.7. The predicted molar refractivity (Wildman–Crippen MR) is 238 cm³/mol. The van der Waals surface area contributed by atoms with Gasteiger partial charge in [0.1, 0.15) is 10.0 Å². The lowest BCUT2D eigenvalue weighted by Gasteiger charge is -2.26. The van der Waals surface area contributed by atoms with E-state index < -0.39 is 5.92 Å². The molecule has 3 amide bonds. The molecule has 4 aromatic carbocycles. The van der Waals surface area contributed by atoms with E-state index in [1.807, 2.05) is 96.7 Å². The maximum atomic E-state index is 14.2. The van der Waals surface area contributed by atoms with E-state index in [0.29, 0.717) is 13.0 Å². The molecule has 4 heterocycles. The van der Waals surface area contributed by atoms with Gasteiger partial charge in [-0.1, -0.05) is 123 Å². The molecule has 8 rings (SSSR count). The molecule has 2 unspecified atom stereocenters. The average Bonchev–Trinajstić information content (AvgIpc) is 4.12. The lowest BCUT2D eigenvalue weighted by molar-refractivity contribution is -0.132. The van der Waals surface area contributed by atoms with E-state index in [4.69, 9.17) is 9.97 Å². The zero-order valence-electron chi connectivity index (χ0n) is 33.6. The molecule has 0 saturated carbocycles. The molecule has 0 radical (unpaired) electrons. The highest BCUT2D eigenvalue weighted by Gasteiger charge is 2.36. The van der Waals surface area contributed by atoms with Crippen LogP contribution in [0, 0.1) is 5.92 Å². The second-order valence-electron chi connectivity index (χ2n) is 15.4. The Kier molecular flexibility index (Phi) is 12.6. The number of likely N-dealkylation sites (tertiary alicyclic amines) is 2. The summed E-state index contributed by atoms with van der Waals surface area (Å²) >= 11 is 3.32. The van der Waals surface area contributed by atoms with Crippen molar-refractivity contribution in [3.8, 4) is 32.0 Å². The predicted octanol–water partition coefficient (Wildman–Crippen LogP) is 11.0. The van der Waals surface area contributed by atoms with E-state index in [-0.39, 0.29) is 35.7 Å². The van der Waals surface area contributed by atoms with Crippen LogP contribution in [0.25, 0.3) is 32.0 Å². The monoisotopic (exact) mass is 819 g/mol. The first-order chi connectivity index (χ1) is 28.9. The van der Waals surface area contributed by atoms with Crippen molar-refractivity contribution in [1.29, 1.82) is 0 Å². The van der Waals surface area contributed by atoms with Crippen molar-refractivity contribution in [3.05, 3.63) is 143 Å². The number of benzene rings is 4. The largest absolute Gasteiger partial charge is 0.333 e. The van der Waals surface area contributed by atoms with Crippen LogP contribution in [0.3, 0.4) is 0 Å². The molecule has 0 spiro atoms. The van der Waals surface area contributed by atoms with Gasteiger partial charge in [-0.2, -0.15) is 0 Å². The molecular weight excluding hydrogens is 771 g/mol. The summed E-state index contributed by atoms with van der Waals surface area (Å²) in [6.45, 7) is 5.41. The Balaban J connectivity index is 0.922. The van der Waals surface area contributed by atoms with E-state index in [1.165, 1.54) is 0 Å². The summed E-state index contributed by atoms with van der Waals surface area (Å²) in [5.41, 5.74) is 6.32. The standard InChI is InChI=1S/C49H49N5O3S2/c1-3-34(4-2)46(56)50-30-40(37-15-9-6-10-16-37)49(57)54-28-12-18-42(54)48-52-32-44(59-48)39-25-21-36(22-26-39)35-19-23-38(24-20-35)43-31-51-47(58-43)41-17-11-27-53(41)45(55)29-33-13-7-5-8-14-33/h5-10,13-16,19-26,30-32,34,40-42H,3-4,11-12,17-18,27-29H2,1-2H3/b50-30+/t40?,41?,42-/m0/s1. The van der Waals surface area contributed by atoms with Gasteiger partial charge in [-0.15, -0.1) is 22.7 Å². The van der Waals surface area contributed by atoms with Crippen molar-refractivity contribution in [1.82, 2.24) is 19.8 Å². The summed E-state index contributed by atoms with van der Waals surface area (Å²) in [5, 5.41) is 1.93. The first kappa shape index (κ1) is 40.2. The number of rotatable bonds is 13. The Labute approximate surface area is 354 Å². The van der Waals surface area contributed by atoms with Crippen molar-refractivity contribution in [2.45, 2.75) is 76.8 Å². The Bertz CT molecular complexity index is 2390. The number of carbonyl (C=O) groups is 3. The second-order valence-corrected chi connectivity index (χ2v) is 17.5. The van der Waals surface area contributed by atoms with Crippen molar-refractivity contribution >= 4 is 46.6 Å². The molecule has 0 aliphatic carbocycles. The third kappa shape index (κ3) is 9.04. The van der Waals surface area contributed by atoms with E-state index in [1.54, 1.807) is 28.9 Å². The van der Waals surface area contributed by atoms with Crippen LogP contribution < -0.4 is 0 Å². The topological polar surface area (TPSA) is 95.8 Å². The summed E-state index contributed by atoms with van der Waals surface area (Å²) in [6.07, 6.45) is 11.0. The minimum atomic E-state index is -0.638. The molecule has 10 heteroatoms. The molecular formula is C49H49N5O3S2. The molecule has 3 atom stereocenters. The normalized spacial score (nSPS) is 17.3. The van der Waals surface area contributed by atoms with Gasteiger partial charge in [0, 0.05) is 37.6 Å². The molecule has 2 aromatic heterocycles. The molecule has 2 aliphatic heterocycles. The summed E-state index contributed by atoms with van der Waals surface area (Å²) < 4.78 is 0. The smallest absolute Gasteiger partial charge is 0.248 e. The van der Waals surface area contributed by atoms with Gasteiger partial charge < -0.3 is 9.80 Å². The first-order valence-corrected chi connectivity index (χ1v) is 22.4. The van der Waals surface area contributed by atoms with Crippen LogP contribution in [0.15, 0.2) is 127 Å². The number of thiazole rings is 2. The Morgan fingerprint density at radius 2 is 1.17 bits per heavy atom. The third-order valence-corrected chi connectivity index (χ3v) is 14.0. The number of amides is 3. The van der Waals surface area contributed by atoms with Crippen LogP contribution in [0.4, 0.5) is 0 Å². The highest BCUT2D eigenvalue weighted by Crippen LogP contribution is 2.40. The quantitative estimate of drug-likeness (QED) is 0.108. The maximum Gasteiger partial charge on any atom is 0.248 e. The van der Waals surface area contributed by atoms with Crippen LogP contribution in [-0.4, -0.2) is 56.8 Å². The van der Waals surface area contributed by atoms with Gasteiger partial charge in [-0.05, 0) is 71.9 Å². The van der Waals surface area contributed by atoms with Gasteiger partial charge in [0.15, 0.2) is 0 Å². The molecule has 2 fully saturated rings. The number of nitrogens with zero attached hydrogens (tertiary/aromatic N) is 5. The van der Waals surface area contributed by atoms with Crippen molar-refractivity contribution in [2.75, 3.05) is 13.1 Å². The molecule has 0 bridgehead atoms. The fraction of sp³-hybridized carbons (Fsp3) is 0.306. The summed E-state index contributed by atoms with van der Waals surface area (Å²) in [5.74, 6) is -0.824. The van der Waals surface area contributed by atoms with Crippen molar-refractivity contribution in [2.24, 2.45) is 10.9 Å². The van der Waals surface area contributed by atoms with Gasteiger partial charge >= 0.3 is 0 Å². The Hall–Kier alpha value is -5.58. The van der Waals surface area contributed by atoms with Gasteiger partial charge in [0.25, 0.3) is 0 Å². The summed E-state index contributed by atoms with van der Waals surface area (Å²) in [7, 11) is 0. The molecule has 6 aromatic rings. The SMILES string of the molecule is CCC(CC)C(=O)/N=C/C(C(=O)N1CCC[C@H]1c1ncc(-c2ccc(-c3ccc(-c4cnc(C5CCCN5C(=O)Cc5ccccc5)s4)cc3)cc2)s1)c1ccccc1. The minimum absolute atomic E-state index is 0.0333. The van der Waals surface area contributed by atoms with Gasteiger partial charge in [-0.25, -0.2) is 15.0 Å². The number of aliphatic imine (C=N–C) groups is 1. The number of aromatic nitrogens is 2. The Morgan fingerprint density at radius 3 is 1.71 bits per heavy atom. The van der Waals surface area contributed by atoms with Gasteiger partial charge in [0.2, 0.25) is 17.7 Å². The van der Waals surface area contributed by atoms with Crippen LogP contribution in [0.1, 0.15) is 91.5 Å². The van der Waals surface area contributed by atoms with Gasteiger partial charge in [0.05, 0.1) is 34.2 Å². The summed E-state index contributed by atoms with van der Waals surface area (Å²) in [4.78, 5) is 60.4. The highest BCUT2D eigenvalue weighted by molar-refractivity contribution is 7.15. The fourth-order valence-electron chi connectivity index (χ4n) is 8.31. The zero-order chi connectivity index (χ0) is 40.7. The Morgan fingerprint density at radius 1 is 0.678 bits per heavy atom. The second kappa shape index (κ2) is 18.6. The first-order valence-electron chi connectivity index (χ1n) is 20.8. The van der Waals surface area contributed by atoms with Crippen LogP contribution in [0.5, 0.6) is 0 Å². The van der Waals surface area contributed by atoms with E-state index >= 15 is 0 Å². The minimum Gasteiger partial charge on any atom is -0.333 e. The lowest BCUT2D eigenvalue weighted by Crippen LogP contribution is -2.35. The van der Waals surface area contributed by atoms with E-state index in [9.17, 15) is 14.4 Å². The van der Waals surface area contributed by atoms with E-state index in [0.717, 1.165) is 98.2 Å². The molecule has 8 nitrogen and oxygen atoms in total. The molecule has 0 N–H and O–H groups in total. The van der Waals surface area contributed by atoms with Crippen LogP contribution in [-0.2, 0) is 20.8 Å². The maximum absolute atomic E-state index is 14.2. The highest BCUT2D eigenvalue weighted by atomic mass is 32.1. The molecule has 300 valence electrons. The molecule has 2 aliphatic rings. The lowest BCUT2D eigenvalue weighted by atomic mass is 9.98. The average molecular weight is 820 g/mol. The molecule has 2 saturated heterocycles. The number of hydrogen-bond acceptors (Lipinski definition) is 7. The fourth-order valence-corrected chi connectivity index (χ4v) is 10.5. The van der Waals surface area contributed by atoms with E-state index in [2.05, 4.69) is 53.5 Å². The van der Waals surface area contributed by atoms with Crippen molar-refractivity contribution < 1.29 is 14.4 Å². The molecule has 59 heavy (non-hydrogen) atoms. The van der Waals surface area contributed by atoms with Crippen LogP contribution >= 0.6 is 22.7 Å². The zero-order valence-corrected chi connectivity index (χ0v) is 35.2. The number of hydrogen-bond donors (Lipinski definition) is 0. The van der Waals surface area contributed by atoms with Crippen LogP contribution in [0.2, 0.25) is 0 Å².